The predicted octanol–water partition coefficient (Wildman–Crippen LogP) is 0.596. The molecule has 1 aromatic carbocycles. The van der Waals surface area contributed by atoms with Gasteiger partial charge in [-0.2, -0.15) is 5.10 Å². The number of aromatic hydroxyl groups is 1. The van der Waals surface area contributed by atoms with Gasteiger partial charge in [-0.25, -0.2) is 4.79 Å². The van der Waals surface area contributed by atoms with Crippen molar-refractivity contribution in [1.29, 1.82) is 0 Å². The van der Waals surface area contributed by atoms with Crippen LogP contribution in [0, 0.1) is 0 Å². The number of hydrazone groups is 1. The van der Waals surface area contributed by atoms with Gasteiger partial charge in [-0.1, -0.05) is 0 Å². The Hall–Kier alpha value is -3.43. The number of hydrogen-bond acceptors (Lipinski definition) is 8. The van der Waals surface area contributed by atoms with Crippen molar-refractivity contribution >= 4 is 5.71 Å². The predicted molar refractivity (Wildman–Crippen MR) is 106 cm³/mol. The van der Waals surface area contributed by atoms with Crippen LogP contribution in [0.1, 0.15) is 23.6 Å². The van der Waals surface area contributed by atoms with Crippen molar-refractivity contribution in [3.63, 3.8) is 0 Å². The average molecular weight is 404 g/mol. The van der Waals surface area contributed by atoms with Gasteiger partial charge in [0.25, 0.3) is 5.56 Å². The van der Waals surface area contributed by atoms with Gasteiger partial charge in [0.05, 0.1) is 33.1 Å². The maximum atomic E-state index is 12.6. The molecule has 0 fully saturated rings. The lowest BCUT2D eigenvalue weighted by atomic mass is 9.98. The molecule has 1 atom stereocenters. The molecule has 0 radical (unpaired) electrons. The standard InChI is InChI=1S/C19H24N4O6/c1-21-17(24)15(18(25)22(2)19(21)26)11-9-12(23(3)20-11)10-7-13(27-4)16(29-6)14(8-10)28-5/h7-8,12,24H,9H2,1-6H3/t12-/m0/s1. The van der Waals surface area contributed by atoms with Crippen molar-refractivity contribution < 1.29 is 19.3 Å². The van der Waals surface area contributed by atoms with Crippen molar-refractivity contribution in [2.75, 3.05) is 28.4 Å². The molecule has 10 nitrogen and oxygen atoms in total. The van der Waals surface area contributed by atoms with E-state index in [1.807, 2.05) is 12.1 Å². The fourth-order valence-electron chi connectivity index (χ4n) is 3.48. The molecule has 2 heterocycles. The molecular formula is C19H24N4O6. The number of rotatable bonds is 5. The zero-order valence-corrected chi connectivity index (χ0v) is 17.2. The monoisotopic (exact) mass is 404 g/mol. The zero-order valence-electron chi connectivity index (χ0n) is 17.2. The van der Waals surface area contributed by atoms with E-state index in [1.54, 1.807) is 12.1 Å². The fourth-order valence-corrected chi connectivity index (χ4v) is 3.48. The minimum Gasteiger partial charge on any atom is -0.494 e. The molecule has 156 valence electrons. The summed E-state index contributed by atoms with van der Waals surface area (Å²) in [6.07, 6.45) is 0.343. The normalized spacial score (nSPS) is 16.0. The minimum atomic E-state index is -0.607. The lowest BCUT2D eigenvalue weighted by Gasteiger charge is -2.21. The molecule has 1 aromatic heterocycles. The van der Waals surface area contributed by atoms with Gasteiger partial charge < -0.3 is 19.3 Å². The highest BCUT2D eigenvalue weighted by molar-refractivity contribution is 6.03. The maximum Gasteiger partial charge on any atom is 0.333 e. The summed E-state index contributed by atoms with van der Waals surface area (Å²) >= 11 is 0. The van der Waals surface area contributed by atoms with Crippen LogP contribution in [0.3, 0.4) is 0 Å². The number of nitrogens with zero attached hydrogens (tertiary/aromatic N) is 4. The van der Waals surface area contributed by atoms with Gasteiger partial charge in [-0.15, -0.1) is 0 Å². The van der Waals surface area contributed by atoms with Crippen molar-refractivity contribution in [3.05, 3.63) is 44.1 Å². The van der Waals surface area contributed by atoms with Gasteiger partial charge >= 0.3 is 5.69 Å². The molecule has 3 rings (SSSR count). The highest BCUT2D eigenvalue weighted by Gasteiger charge is 2.32. The minimum absolute atomic E-state index is 0.0105. The summed E-state index contributed by atoms with van der Waals surface area (Å²) in [7, 11) is 9.13. The molecule has 1 aliphatic heterocycles. The van der Waals surface area contributed by atoms with E-state index in [0.29, 0.717) is 29.4 Å². The highest BCUT2D eigenvalue weighted by atomic mass is 16.5. The first-order valence-corrected chi connectivity index (χ1v) is 8.84. The van der Waals surface area contributed by atoms with Crippen molar-refractivity contribution in [3.8, 4) is 23.1 Å². The molecule has 1 aliphatic rings. The van der Waals surface area contributed by atoms with Crippen LogP contribution in [-0.4, -0.2) is 53.3 Å². The van der Waals surface area contributed by atoms with Gasteiger partial charge in [-0.05, 0) is 17.7 Å². The van der Waals surface area contributed by atoms with Crippen molar-refractivity contribution in [2.45, 2.75) is 12.5 Å². The molecule has 10 heteroatoms. The van der Waals surface area contributed by atoms with E-state index < -0.39 is 17.1 Å². The summed E-state index contributed by atoms with van der Waals surface area (Å²) in [6.45, 7) is 0. The third kappa shape index (κ3) is 3.20. The van der Waals surface area contributed by atoms with Crippen LogP contribution < -0.4 is 25.5 Å². The first-order valence-electron chi connectivity index (χ1n) is 8.84. The molecule has 0 saturated heterocycles. The molecule has 0 unspecified atom stereocenters. The SMILES string of the molecule is COc1cc([C@@H]2CC(c3c(O)n(C)c(=O)n(C)c3=O)=NN2C)cc(OC)c1OC. The molecule has 2 aromatic rings. The fraction of sp³-hybridized carbons (Fsp3) is 0.421. The van der Waals surface area contributed by atoms with E-state index in [4.69, 9.17) is 14.2 Å². The summed E-state index contributed by atoms with van der Waals surface area (Å²) in [5.74, 6) is 1.08. The van der Waals surface area contributed by atoms with E-state index in [0.717, 1.165) is 14.7 Å². The van der Waals surface area contributed by atoms with Crippen LogP contribution in [0.25, 0.3) is 0 Å². The molecular weight excluding hydrogens is 380 g/mol. The second-order valence-electron chi connectivity index (χ2n) is 6.70. The largest absolute Gasteiger partial charge is 0.494 e. The van der Waals surface area contributed by atoms with Crippen LogP contribution in [0.2, 0.25) is 0 Å². The summed E-state index contributed by atoms with van der Waals surface area (Å²) in [6, 6.07) is 3.40. The van der Waals surface area contributed by atoms with Crippen LogP contribution in [0.15, 0.2) is 26.8 Å². The van der Waals surface area contributed by atoms with E-state index in [9.17, 15) is 14.7 Å². The summed E-state index contributed by atoms with van der Waals surface area (Å²) in [5.41, 5.74) is 0.0332. The Morgan fingerprint density at radius 1 is 1.00 bits per heavy atom. The van der Waals surface area contributed by atoms with Crippen LogP contribution in [0.5, 0.6) is 23.1 Å². The number of methoxy groups -OCH3 is 3. The number of benzene rings is 1. The topological polar surface area (TPSA) is 108 Å². The Kier molecular flexibility index (Phi) is 5.27. The third-order valence-corrected chi connectivity index (χ3v) is 5.11. The van der Waals surface area contributed by atoms with Gasteiger partial charge in [0.15, 0.2) is 11.5 Å². The summed E-state index contributed by atoms with van der Waals surface area (Å²) < 4.78 is 18.2. The van der Waals surface area contributed by atoms with E-state index in [1.165, 1.54) is 35.4 Å². The maximum absolute atomic E-state index is 12.6. The van der Waals surface area contributed by atoms with Gasteiger partial charge in [0, 0.05) is 27.6 Å². The number of aromatic nitrogens is 2. The van der Waals surface area contributed by atoms with Gasteiger partial charge in [-0.3, -0.25) is 18.9 Å². The van der Waals surface area contributed by atoms with Crippen molar-refractivity contribution in [1.82, 2.24) is 14.1 Å². The van der Waals surface area contributed by atoms with Gasteiger partial charge in [0.1, 0.15) is 5.56 Å². The average Bonchev–Trinajstić information content (AvgIpc) is 3.10. The lowest BCUT2D eigenvalue weighted by molar-refractivity contribution is 0.284. The second-order valence-corrected chi connectivity index (χ2v) is 6.70. The second kappa shape index (κ2) is 7.53. The van der Waals surface area contributed by atoms with E-state index in [-0.39, 0.29) is 11.6 Å². The van der Waals surface area contributed by atoms with Crippen LogP contribution in [-0.2, 0) is 14.1 Å². The van der Waals surface area contributed by atoms with Crippen LogP contribution >= 0.6 is 0 Å². The lowest BCUT2D eigenvalue weighted by Crippen LogP contribution is -2.39. The first kappa shape index (κ1) is 20.3. The molecule has 0 amide bonds. The summed E-state index contributed by atoms with van der Waals surface area (Å²) in [5, 5.41) is 16.6. The first-order chi connectivity index (χ1) is 13.7. The van der Waals surface area contributed by atoms with Crippen LogP contribution in [0.4, 0.5) is 0 Å². The smallest absolute Gasteiger partial charge is 0.333 e. The number of ether oxygens (including phenoxy) is 3. The summed E-state index contributed by atoms with van der Waals surface area (Å²) in [4.78, 5) is 24.6. The van der Waals surface area contributed by atoms with Crippen molar-refractivity contribution in [2.24, 2.45) is 19.2 Å². The molecule has 0 saturated carbocycles. The van der Waals surface area contributed by atoms with E-state index >= 15 is 0 Å². The molecule has 1 N–H and O–H groups in total. The Bertz CT molecular complexity index is 1080. The van der Waals surface area contributed by atoms with Gasteiger partial charge in [0.2, 0.25) is 11.6 Å². The zero-order chi connectivity index (χ0) is 21.5. The quantitative estimate of drug-likeness (QED) is 0.777. The molecule has 29 heavy (non-hydrogen) atoms. The Labute approximate surface area is 167 Å². The Morgan fingerprint density at radius 3 is 2.10 bits per heavy atom. The Morgan fingerprint density at radius 2 is 1.59 bits per heavy atom. The Balaban J connectivity index is 2.06. The number of hydrogen-bond donors (Lipinski definition) is 1. The molecule has 0 bridgehead atoms. The molecule has 0 spiro atoms. The molecule has 0 aliphatic carbocycles. The third-order valence-electron chi connectivity index (χ3n) is 5.11. The van der Waals surface area contributed by atoms with E-state index in [2.05, 4.69) is 5.10 Å². The highest BCUT2D eigenvalue weighted by Crippen LogP contribution is 2.42.